The SMILES string of the molecule is COc1ccc(C(=O)CC(Nc2ccc(Cl)cc2)c2ccc(OC)c(OC)c2)cc1OC. The highest BCUT2D eigenvalue weighted by Crippen LogP contribution is 2.34. The number of hydrogen-bond donors (Lipinski definition) is 1. The number of nitrogens with one attached hydrogen (secondary N) is 1. The van der Waals surface area contributed by atoms with Crippen LogP contribution in [0.25, 0.3) is 0 Å². The van der Waals surface area contributed by atoms with Crippen molar-refractivity contribution in [3.63, 3.8) is 0 Å². The largest absolute Gasteiger partial charge is 0.493 e. The van der Waals surface area contributed by atoms with Crippen molar-refractivity contribution >= 4 is 23.1 Å². The maximum Gasteiger partial charge on any atom is 0.165 e. The molecule has 3 aromatic rings. The fraction of sp³-hybridized carbons (Fsp3) is 0.240. The van der Waals surface area contributed by atoms with Crippen LogP contribution < -0.4 is 24.3 Å². The van der Waals surface area contributed by atoms with Crippen molar-refractivity contribution in [1.29, 1.82) is 0 Å². The summed E-state index contributed by atoms with van der Waals surface area (Å²) >= 11 is 6.02. The fourth-order valence-corrected chi connectivity index (χ4v) is 3.51. The molecule has 0 spiro atoms. The summed E-state index contributed by atoms with van der Waals surface area (Å²) in [5.74, 6) is 2.23. The molecule has 1 N–H and O–H groups in total. The second-order valence-electron chi connectivity index (χ2n) is 7.02. The lowest BCUT2D eigenvalue weighted by molar-refractivity contribution is 0.0976. The number of hydrogen-bond acceptors (Lipinski definition) is 6. The Bertz CT molecular complexity index is 1070. The van der Waals surface area contributed by atoms with E-state index < -0.39 is 0 Å². The molecular weight excluding hydrogens is 430 g/mol. The standard InChI is InChI=1S/C25H26ClNO5/c1-29-22-11-5-16(13-24(22)31-3)20(27-19-9-7-18(26)8-10-19)15-21(28)17-6-12-23(30-2)25(14-17)32-4/h5-14,20,27H,15H2,1-4H3. The predicted molar refractivity (Wildman–Crippen MR) is 126 cm³/mol. The van der Waals surface area contributed by atoms with E-state index in [-0.39, 0.29) is 18.2 Å². The van der Waals surface area contributed by atoms with Gasteiger partial charge in [-0.1, -0.05) is 17.7 Å². The second kappa shape index (κ2) is 10.8. The Morgan fingerprint density at radius 3 is 1.94 bits per heavy atom. The maximum absolute atomic E-state index is 13.2. The average molecular weight is 456 g/mol. The van der Waals surface area contributed by atoms with E-state index in [1.54, 1.807) is 58.8 Å². The number of benzene rings is 3. The van der Waals surface area contributed by atoms with Gasteiger partial charge in [-0.2, -0.15) is 0 Å². The zero-order chi connectivity index (χ0) is 23.1. The van der Waals surface area contributed by atoms with Gasteiger partial charge in [0.15, 0.2) is 28.8 Å². The molecule has 0 aliphatic heterocycles. The molecule has 168 valence electrons. The van der Waals surface area contributed by atoms with Gasteiger partial charge in [0.1, 0.15) is 0 Å². The summed E-state index contributed by atoms with van der Waals surface area (Å²) in [6, 6.07) is 17.8. The molecule has 0 aliphatic carbocycles. The van der Waals surface area contributed by atoms with Gasteiger partial charge < -0.3 is 24.3 Å². The van der Waals surface area contributed by atoms with Crippen molar-refractivity contribution < 1.29 is 23.7 Å². The molecule has 3 aromatic carbocycles. The Labute approximate surface area is 193 Å². The molecule has 0 saturated heterocycles. The summed E-state index contributed by atoms with van der Waals surface area (Å²) in [5.41, 5.74) is 2.26. The molecule has 1 atom stereocenters. The van der Waals surface area contributed by atoms with Crippen LogP contribution in [0.3, 0.4) is 0 Å². The molecule has 0 aliphatic rings. The topological polar surface area (TPSA) is 66.0 Å². The highest BCUT2D eigenvalue weighted by molar-refractivity contribution is 6.30. The number of methoxy groups -OCH3 is 4. The highest BCUT2D eigenvalue weighted by atomic mass is 35.5. The minimum atomic E-state index is -0.323. The third-order valence-electron chi connectivity index (χ3n) is 5.09. The zero-order valence-electron chi connectivity index (χ0n) is 18.5. The van der Waals surface area contributed by atoms with E-state index in [1.807, 2.05) is 30.3 Å². The predicted octanol–water partition coefficient (Wildman–Crippen LogP) is 5.80. The molecular formula is C25H26ClNO5. The monoisotopic (exact) mass is 455 g/mol. The van der Waals surface area contributed by atoms with Gasteiger partial charge in [0.05, 0.1) is 34.5 Å². The third kappa shape index (κ3) is 5.45. The van der Waals surface area contributed by atoms with Crippen molar-refractivity contribution in [1.82, 2.24) is 0 Å². The Balaban J connectivity index is 1.93. The molecule has 0 saturated carbocycles. The highest BCUT2D eigenvalue weighted by Gasteiger charge is 2.20. The quantitative estimate of drug-likeness (QED) is 0.390. The lowest BCUT2D eigenvalue weighted by Crippen LogP contribution is -2.16. The van der Waals surface area contributed by atoms with Crippen molar-refractivity contribution in [2.24, 2.45) is 0 Å². The van der Waals surface area contributed by atoms with Gasteiger partial charge in [-0.3, -0.25) is 4.79 Å². The molecule has 32 heavy (non-hydrogen) atoms. The van der Waals surface area contributed by atoms with E-state index in [1.165, 1.54) is 0 Å². The Morgan fingerprint density at radius 2 is 1.34 bits per heavy atom. The molecule has 6 nitrogen and oxygen atoms in total. The van der Waals surface area contributed by atoms with Crippen molar-refractivity contribution in [2.75, 3.05) is 33.8 Å². The number of ketones is 1. The van der Waals surface area contributed by atoms with Crippen LogP contribution in [-0.2, 0) is 0 Å². The van der Waals surface area contributed by atoms with E-state index in [4.69, 9.17) is 30.5 Å². The van der Waals surface area contributed by atoms with Gasteiger partial charge in [0.25, 0.3) is 0 Å². The van der Waals surface area contributed by atoms with Crippen molar-refractivity contribution in [3.05, 3.63) is 76.8 Å². The summed E-state index contributed by atoms with van der Waals surface area (Å²) in [6.07, 6.45) is 0.202. The van der Waals surface area contributed by atoms with Gasteiger partial charge in [0, 0.05) is 22.7 Å². The normalized spacial score (nSPS) is 11.4. The number of carbonyl (C=O) groups is 1. The molecule has 3 rings (SSSR count). The van der Waals surface area contributed by atoms with Crippen LogP contribution in [0.4, 0.5) is 5.69 Å². The van der Waals surface area contributed by atoms with Gasteiger partial charge in [-0.15, -0.1) is 0 Å². The van der Waals surface area contributed by atoms with Crippen LogP contribution in [0.5, 0.6) is 23.0 Å². The van der Waals surface area contributed by atoms with Crippen LogP contribution >= 0.6 is 11.6 Å². The lowest BCUT2D eigenvalue weighted by Gasteiger charge is -2.21. The number of ether oxygens (including phenoxy) is 4. The van der Waals surface area contributed by atoms with Crippen LogP contribution in [0, 0.1) is 0 Å². The number of anilines is 1. The van der Waals surface area contributed by atoms with Crippen LogP contribution in [0.1, 0.15) is 28.4 Å². The van der Waals surface area contributed by atoms with Gasteiger partial charge >= 0.3 is 0 Å². The summed E-state index contributed by atoms with van der Waals surface area (Å²) < 4.78 is 21.4. The van der Waals surface area contributed by atoms with E-state index in [2.05, 4.69) is 5.32 Å². The number of Topliss-reactive ketones (excluding diaryl/α,β-unsaturated/α-hetero) is 1. The summed E-state index contributed by atoms with van der Waals surface area (Å²) in [7, 11) is 6.27. The number of halogens is 1. The first-order valence-electron chi connectivity index (χ1n) is 9.98. The van der Waals surface area contributed by atoms with E-state index in [0.717, 1.165) is 11.3 Å². The molecule has 1 unspecified atom stereocenters. The van der Waals surface area contributed by atoms with Crippen molar-refractivity contribution in [2.45, 2.75) is 12.5 Å². The lowest BCUT2D eigenvalue weighted by atomic mass is 9.97. The van der Waals surface area contributed by atoms with E-state index >= 15 is 0 Å². The Morgan fingerprint density at radius 1 is 0.781 bits per heavy atom. The maximum atomic E-state index is 13.2. The van der Waals surface area contributed by atoms with Gasteiger partial charge in [-0.25, -0.2) is 0 Å². The molecule has 0 radical (unpaired) electrons. The van der Waals surface area contributed by atoms with Crippen molar-refractivity contribution in [3.8, 4) is 23.0 Å². The molecule has 0 amide bonds. The fourth-order valence-electron chi connectivity index (χ4n) is 3.38. The summed E-state index contributed by atoms with van der Waals surface area (Å²) in [4.78, 5) is 13.2. The molecule has 0 heterocycles. The second-order valence-corrected chi connectivity index (χ2v) is 7.45. The van der Waals surface area contributed by atoms with Crippen LogP contribution in [-0.4, -0.2) is 34.2 Å². The smallest absolute Gasteiger partial charge is 0.165 e. The summed E-state index contributed by atoms with van der Waals surface area (Å²) in [6.45, 7) is 0. The van der Waals surface area contributed by atoms with Gasteiger partial charge in [-0.05, 0) is 60.2 Å². The van der Waals surface area contributed by atoms with E-state index in [0.29, 0.717) is 33.6 Å². The first-order valence-corrected chi connectivity index (χ1v) is 10.4. The summed E-state index contributed by atoms with van der Waals surface area (Å²) in [5, 5.41) is 4.07. The Kier molecular flexibility index (Phi) is 7.84. The minimum Gasteiger partial charge on any atom is -0.493 e. The molecule has 0 bridgehead atoms. The Hall–Kier alpha value is -3.38. The average Bonchev–Trinajstić information content (AvgIpc) is 2.83. The first-order chi connectivity index (χ1) is 15.5. The third-order valence-corrected chi connectivity index (χ3v) is 5.34. The van der Waals surface area contributed by atoms with Crippen LogP contribution in [0.15, 0.2) is 60.7 Å². The zero-order valence-corrected chi connectivity index (χ0v) is 19.2. The van der Waals surface area contributed by atoms with E-state index in [9.17, 15) is 4.79 Å². The molecule has 7 heteroatoms. The molecule has 0 fully saturated rings. The van der Waals surface area contributed by atoms with Gasteiger partial charge in [0.2, 0.25) is 0 Å². The number of carbonyl (C=O) groups excluding carboxylic acids is 1. The van der Waals surface area contributed by atoms with Crippen LogP contribution in [0.2, 0.25) is 5.02 Å². The number of rotatable bonds is 10. The molecule has 0 aromatic heterocycles. The minimum absolute atomic E-state index is 0.0489. The first kappa shape index (κ1) is 23.3.